The maximum Gasteiger partial charge on any atom is 0.324 e. The van der Waals surface area contributed by atoms with Crippen molar-refractivity contribution in [3.05, 3.63) is 32.0 Å². The third-order valence-electron chi connectivity index (χ3n) is 2.26. The van der Waals surface area contributed by atoms with Crippen LogP contribution in [0, 0.1) is 10.1 Å². The fourth-order valence-electron chi connectivity index (χ4n) is 1.42. The van der Waals surface area contributed by atoms with Gasteiger partial charge in [0.1, 0.15) is 4.32 Å². The van der Waals surface area contributed by atoms with Crippen LogP contribution in [0.3, 0.4) is 0 Å². The molecule has 0 N–H and O–H groups in total. The van der Waals surface area contributed by atoms with Crippen LogP contribution in [0.5, 0.6) is 0 Å². The molecule has 1 amide bonds. The molecule has 1 aliphatic heterocycles. The first-order valence-corrected chi connectivity index (χ1v) is 7.06. The topological polar surface area (TPSA) is 63.5 Å². The third kappa shape index (κ3) is 2.45. The Morgan fingerprint density at radius 2 is 2.28 bits per heavy atom. The van der Waals surface area contributed by atoms with Gasteiger partial charge in [0.25, 0.3) is 5.91 Å². The Labute approximate surface area is 117 Å². The van der Waals surface area contributed by atoms with Crippen LogP contribution in [0.1, 0.15) is 11.8 Å². The number of carbonyl (C=O) groups excluding carboxylic acids is 1. The predicted octanol–water partition coefficient (Wildman–Crippen LogP) is 2.88. The smallest absolute Gasteiger partial charge is 0.293 e. The van der Waals surface area contributed by atoms with E-state index in [1.54, 1.807) is 12.1 Å². The maximum atomic E-state index is 11.9. The van der Waals surface area contributed by atoms with Gasteiger partial charge in [-0.25, -0.2) is 0 Å². The van der Waals surface area contributed by atoms with E-state index < -0.39 is 4.92 Å². The Kier molecular flexibility index (Phi) is 3.79. The lowest BCUT2D eigenvalue weighted by Gasteiger charge is -2.09. The van der Waals surface area contributed by atoms with Gasteiger partial charge in [0.15, 0.2) is 0 Å². The van der Waals surface area contributed by atoms with E-state index in [0.717, 1.165) is 11.3 Å². The monoisotopic (exact) mass is 300 g/mol. The highest BCUT2D eigenvalue weighted by Crippen LogP contribution is 2.34. The normalized spacial score (nSPS) is 17.8. The summed E-state index contributed by atoms with van der Waals surface area (Å²) in [6.07, 6.45) is 1.65. The summed E-state index contributed by atoms with van der Waals surface area (Å²) in [5, 5.41) is 10.6. The quantitative estimate of drug-likeness (QED) is 0.372. The molecular weight excluding hydrogens is 292 g/mol. The van der Waals surface area contributed by atoms with Crippen LogP contribution in [0.25, 0.3) is 6.08 Å². The molecule has 2 heterocycles. The second kappa shape index (κ2) is 5.17. The molecule has 1 aliphatic rings. The highest BCUT2D eigenvalue weighted by molar-refractivity contribution is 8.26. The van der Waals surface area contributed by atoms with Crippen molar-refractivity contribution in [1.82, 2.24) is 4.90 Å². The minimum Gasteiger partial charge on any atom is -0.293 e. The zero-order chi connectivity index (χ0) is 13.3. The number of hydrogen-bond acceptors (Lipinski definition) is 6. The van der Waals surface area contributed by atoms with E-state index in [9.17, 15) is 14.9 Å². The number of carbonyl (C=O) groups is 1. The molecule has 0 atom stereocenters. The van der Waals surface area contributed by atoms with Crippen molar-refractivity contribution in [3.63, 3.8) is 0 Å². The fraction of sp³-hybridized carbons (Fsp3) is 0.200. The van der Waals surface area contributed by atoms with Crippen molar-refractivity contribution in [2.24, 2.45) is 0 Å². The van der Waals surface area contributed by atoms with E-state index >= 15 is 0 Å². The lowest BCUT2D eigenvalue weighted by atomic mass is 10.4. The maximum absolute atomic E-state index is 11.9. The molecule has 1 fully saturated rings. The molecular formula is C10H8N2O3S3. The fourth-order valence-corrected chi connectivity index (χ4v) is 3.63. The van der Waals surface area contributed by atoms with Crippen molar-refractivity contribution < 1.29 is 9.72 Å². The number of likely N-dealkylation sites (N-methyl/N-ethyl adjacent to an activating group) is 1. The average Bonchev–Trinajstić information content (AvgIpc) is 2.86. The summed E-state index contributed by atoms with van der Waals surface area (Å²) in [5.41, 5.74) is 0. The summed E-state index contributed by atoms with van der Waals surface area (Å²) in [4.78, 5) is 24.7. The number of nitro groups is 1. The standard InChI is InChI=1S/C10H8N2O3S3/c1-2-11-9(13)7(18-10(11)16)5-6-3-4-8(17-6)12(14)15/h3-5H,2H2,1H3. The Morgan fingerprint density at radius 1 is 1.56 bits per heavy atom. The molecule has 1 saturated heterocycles. The van der Waals surface area contributed by atoms with Crippen LogP contribution in [0.15, 0.2) is 17.0 Å². The SMILES string of the molecule is CCN1C(=O)C(=Cc2ccc([N+](=O)[O-])s2)SC1=S. The van der Waals surface area contributed by atoms with Gasteiger partial charge in [-0.05, 0) is 19.1 Å². The van der Waals surface area contributed by atoms with Crippen LogP contribution >= 0.6 is 35.3 Å². The average molecular weight is 300 g/mol. The molecule has 1 aromatic heterocycles. The van der Waals surface area contributed by atoms with E-state index in [-0.39, 0.29) is 10.9 Å². The highest BCUT2D eigenvalue weighted by atomic mass is 32.2. The molecule has 0 aromatic carbocycles. The van der Waals surface area contributed by atoms with E-state index in [1.807, 2.05) is 6.92 Å². The Balaban J connectivity index is 2.26. The predicted molar refractivity (Wildman–Crippen MR) is 76.5 cm³/mol. The van der Waals surface area contributed by atoms with E-state index in [4.69, 9.17) is 12.2 Å². The van der Waals surface area contributed by atoms with Gasteiger partial charge in [-0.15, -0.1) is 0 Å². The number of amides is 1. The molecule has 8 heteroatoms. The Bertz CT molecular complexity index is 564. The van der Waals surface area contributed by atoms with Crippen molar-refractivity contribution in [3.8, 4) is 0 Å². The van der Waals surface area contributed by atoms with Crippen LogP contribution in [-0.4, -0.2) is 26.6 Å². The Morgan fingerprint density at radius 3 is 2.78 bits per heavy atom. The summed E-state index contributed by atoms with van der Waals surface area (Å²) in [5.74, 6) is -0.136. The second-order valence-corrected chi connectivity index (χ2v) is 6.13. The zero-order valence-electron chi connectivity index (χ0n) is 9.28. The summed E-state index contributed by atoms with van der Waals surface area (Å²) in [6, 6.07) is 3.05. The number of hydrogen-bond donors (Lipinski definition) is 0. The molecule has 0 spiro atoms. The van der Waals surface area contributed by atoms with Crippen LogP contribution < -0.4 is 0 Å². The molecule has 0 saturated carbocycles. The molecule has 5 nitrogen and oxygen atoms in total. The first-order valence-electron chi connectivity index (χ1n) is 5.02. The first-order chi connectivity index (χ1) is 8.52. The summed E-state index contributed by atoms with van der Waals surface area (Å²) < 4.78 is 0.528. The molecule has 18 heavy (non-hydrogen) atoms. The summed E-state index contributed by atoms with van der Waals surface area (Å²) in [7, 11) is 0. The zero-order valence-corrected chi connectivity index (χ0v) is 11.7. The molecule has 94 valence electrons. The van der Waals surface area contributed by atoms with Gasteiger partial charge >= 0.3 is 5.00 Å². The lowest BCUT2D eigenvalue weighted by Crippen LogP contribution is -2.27. The molecule has 1 aromatic rings. The van der Waals surface area contributed by atoms with Gasteiger partial charge < -0.3 is 0 Å². The van der Waals surface area contributed by atoms with Crippen LogP contribution in [0.4, 0.5) is 5.00 Å². The number of thiophene rings is 1. The van der Waals surface area contributed by atoms with Crippen LogP contribution in [-0.2, 0) is 4.79 Å². The van der Waals surface area contributed by atoms with Crippen LogP contribution in [0.2, 0.25) is 0 Å². The second-order valence-electron chi connectivity index (χ2n) is 3.36. The number of thiocarbonyl (C=S) groups is 1. The van der Waals surface area contributed by atoms with Gasteiger partial charge in [-0.1, -0.05) is 35.3 Å². The summed E-state index contributed by atoms with van der Waals surface area (Å²) >= 11 is 7.34. The van der Waals surface area contributed by atoms with Gasteiger partial charge in [0.05, 0.1) is 9.83 Å². The molecule has 0 bridgehead atoms. The van der Waals surface area contributed by atoms with Crippen molar-refractivity contribution in [2.75, 3.05) is 6.54 Å². The lowest BCUT2D eigenvalue weighted by molar-refractivity contribution is -0.380. The summed E-state index contributed by atoms with van der Waals surface area (Å²) in [6.45, 7) is 2.39. The van der Waals surface area contributed by atoms with Crippen molar-refractivity contribution >= 4 is 56.6 Å². The van der Waals surface area contributed by atoms with Gasteiger partial charge in [-0.3, -0.25) is 19.8 Å². The van der Waals surface area contributed by atoms with E-state index in [1.165, 1.54) is 22.7 Å². The van der Waals surface area contributed by atoms with E-state index in [0.29, 0.717) is 20.6 Å². The number of thioether (sulfide) groups is 1. The largest absolute Gasteiger partial charge is 0.324 e. The highest BCUT2D eigenvalue weighted by Gasteiger charge is 2.30. The molecule has 0 unspecified atom stereocenters. The van der Waals surface area contributed by atoms with E-state index in [2.05, 4.69) is 0 Å². The van der Waals surface area contributed by atoms with Gasteiger partial charge in [0.2, 0.25) is 0 Å². The first kappa shape index (κ1) is 13.2. The Hall–Kier alpha value is -1.25. The molecule has 0 radical (unpaired) electrons. The van der Waals surface area contributed by atoms with Gasteiger partial charge in [0, 0.05) is 17.5 Å². The number of nitrogens with zero attached hydrogens (tertiary/aromatic N) is 2. The minimum absolute atomic E-state index is 0.0622. The molecule has 2 rings (SSSR count). The minimum atomic E-state index is -0.445. The molecule has 0 aliphatic carbocycles. The third-order valence-corrected chi connectivity index (χ3v) is 4.62. The van der Waals surface area contributed by atoms with Gasteiger partial charge in [-0.2, -0.15) is 0 Å². The number of rotatable bonds is 3. The van der Waals surface area contributed by atoms with Crippen molar-refractivity contribution in [2.45, 2.75) is 6.92 Å². The van der Waals surface area contributed by atoms with Crippen molar-refractivity contribution in [1.29, 1.82) is 0 Å².